The van der Waals surface area contributed by atoms with Crippen molar-refractivity contribution in [2.75, 3.05) is 7.11 Å². The molecule has 0 radical (unpaired) electrons. The summed E-state index contributed by atoms with van der Waals surface area (Å²) in [5, 5.41) is 0. The van der Waals surface area contributed by atoms with Crippen molar-refractivity contribution in [3.05, 3.63) is 62.2 Å². The van der Waals surface area contributed by atoms with E-state index in [-0.39, 0.29) is 5.56 Å². The maximum atomic E-state index is 13.6. The van der Waals surface area contributed by atoms with E-state index in [1.165, 1.54) is 30.0 Å². The molecule has 0 aliphatic heterocycles. The predicted molar refractivity (Wildman–Crippen MR) is 75.8 cm³/mol. The Balaban J connectivity index is 2.68. The van der Waals surface area contributed by atoms with Gasteiger partial charge in [-0.1, -0.05) is 6.07 Å². The average molecular weight is 340 g/mol. The van der Waals surface area contributed by atoms with E-state index >= 15 is 0 Å². The van der Waals surface area contributed by atoms with Crippen molar-refractivity contribution in [1.82, 2.24) is 4.57 Å². The van der Waals surface area contributed by atoms with E-state index in [1.807, 2.05) is 0 Å². The molecule has 0 bridgehead atoms. The number of esters is 1. The van der Waals surface area contributed by atoms with Crippen LogP contribution in [0, 0.1) is 12.7 Å². The molecule has 0 aliphatic rings. The quantitative estimate of drug-likeness (QED) is 0.790. The van der Waals surface area contributed by atoms with Crippen LogP contribution in [0.2, 0.25) is 0 Å². The molecule has 0 aliphatic carbocycles. The molecule has 2 rings (SSSR count). The number of ether oxygens (including phenoxy) is 1. The van der Waals surface area contributed by atoms with Crippen molar-refractivity contribution in [3.8, 4) is 5.69 Å². The summed E-state index contributed by atoms with van der Waals surface area (Å²) in [6.07, 6.45) is 1.47. The Morgan fingerprint density at radius 2 is 2.05 bits per heavy atom. The minimum absolute atomic E-state index is 0.122. The molecule has 0 N–H and O–H groups in total. The molecular formula is C14H11BrFNO3. The van der Waals surface area contributed by atoms with Gasteiger partial charge in [0.15, 0.2) is 0 Å². The number of nitrogens with zero attached hydrogens (tertiary/aromatic N) is 1. The zero-order chi connectivity index (χ0) is 14.9. The predicted octanol–water partition coefficient (Wildman–Crippen LogP) is 2.83. The molecule has 1 aromatic heterocycles. The van der Waals surface area contributed by atoms with Crippen LogP contribution in [0.25, 0.3) is 5.69 Å². The highest BCUT2D eigenvalue weighted by atomic mass is 79.9. The van der Waals surface area contributed by atoms with Crippen LogP contribution >= 0.6 is 15.9 Å². The van der Waals surface area contributed by atoms with Gasteiger partial charge in [0.2, 0.25) is 0 Å². The topological polar surface area (TPSA) is 48.3 Å². The SMILES string of the molecule is COC(=O)c1cc(Br)cn(-c2ccc(C)c(F)c2)c1=O. The van der Waals surface area contributed by atoms with E-state index in [0.29, 0.717) is 15.7 Å². The lowest BCUT2D eigenvalue weighted by atomic mass is 10.2. The van der Waals surface area contributed by atoms with Gasteiger partial charge < -0.3 is 4.74 Å². The first-order chi connectivity index (χ1) is 9.43. The minimum Gasteiger partial charge on any atom is -0.465 e. The molecule has 6 heteroatoms. The second kappa shape index (κ2) is 5.58. The molecule has 0 fully saturated rings. The monoisotopic (exact) mass is 339 g/mol. The number of aromatic nitrogens is 1. The number of carbonyl (C=O) groups is 1. The second-order valence-corrected chi connectivity index (χ2v) is 5.09. The molecule has 1 aromatic carbocycles. The summed E-state index contributed by atoms with van der Waals surface area (Å²) in [5.74, 6) is -1.16. The number of methoxy groups -OCH3 is 1. The van der Waals surface area contributed by atoms with Gasteiger partial charge in [-0.2, -0.15) is 0 Å². The lowest BCUT2D eigenvalue weighted by molar-refractivity contribution is 0.0598. The maximum Gasteiger partial charge on any atom is 0.343 e. The lowest BCUT2D eigenvalue weighted by Gasteiger charge is -2.09. The van der Waals surface area contributed by atoms with Crippen molar-refractivity contribution in [3.63, 3.8) is 0 Å². The van der Waals surface area contributed by atoms with Crippen LogP contribution in [0.4, 0.5) is 4.39 Å². The molecule has 0 saturated heterocycles. The van der Waals surface area contributed by atoms with Crippen LogP contribution in [0.3, 0.4) is 0 Å². The Bertz CT molecular complexity index is 740. The summed E-state index contributed by atoms with van der Waals surface area (Å²) in [6, 6.07) is 5.78. The molecule has 1 heterocycles. The second-order valence-electron chi connectivity index (χ2n) is 4.17. The van der Waals surface area contributed by atoms with Crippen LogP contribution in [0.5, 0.6) is 0 Å². The van der Waals surface area contributed by atoms with Crippen molar-refractivity contribution < 1.29 is 13.9 Å². The summed E-state index contributed by atoms with van der Waals surface area (Å²) < 4.78 is 19.9. The summed E-state index contributed by atoms with van der Waals surface area (Å²) >= 11 is 3.21. The molecule has 104 valence electrons. The highest BCUT2D eigenvalue weighted by Gasteiger charge is 2.15. The average Bonchev–Trinajstić information content (AvgIpc) is 2.43. The third-order valence-electron chi connectivity index (χ3n) is 2.82. The first kappa shape index (κ1) is 14.5. The lowest BCUT2D eigenvalue weighted by Crippen LogP contribution is -2.25. The van der Waals surface area contributed by atoms with Crippen LogP contribution in [-0.2, 0) is 4.74 Å². The fourth-order valence-electron chi connectivity index (χ4n) is 1.73. The van der Waals surface area contributed by atoms with E-state index in [0.717, 1.165) is 0 Å². The number of carbonyl (C=O) groups excluding carboxylic acids is 1. The van der Waals surface area contributed by atoms with Gasteiger partial charge in [-0.05, 0) is 46.6 Å². The molecule has 4 nitrogen and oxygen atoms in total. The van der Waals surface area contributed by atoms with E-state index < -0.39 is 17.3 Å². The van der Waals surface area contributed by atoms with Crippen molar-refractivity contribution >= 4 is 21.9 Å². The van der Waals surface area contributed by atoms with Gasteiger partial charge in [0.25, 0.3) is 5.56 Å². The summed E-state index contributed by atoms with van der Waals surface area (Å²) in [7, 11) is 1.19. The third-order valence-corrected chi connectivity index (χ3v) is 3.26. The Labute approximate surface area is 122 Å². The Morgan fingerprint density at radius 1 is 1.35 bits per heavy atom. The number of rotatable bonds is 2. The van der Waals surface area contributed by atoms with Gasteiger partial charge in [-0.25, -0.2) is 9.18 Å². The molecule has 20 heavy (non-hydrogen) atoms. The van der Waals surface area contributed by atoms with Gasteiger partial charge in [-0.3, -0.25) is 9.36 Å². The first-order valence-corrected chi connectivity index (χ1v) is 6.50. The van der Waals surface area contributed by atoms with Crippen LogP contribution < -0.4 is 5.56 Å². The number of halogens is 2. The number of hydrogen-bond donors (Lipinski definition) is 0. The van der Waals surface area contributed by atoms with E-state index in [2.05, 4.69) is 20.7 Å². The van der Waals surface area contributed by atoms with E-state index in [1.54, 1.807) is 19.1 Å². The molecule has 0 saturated carbocycles. The van der Waals surface area contributed by atoms with E-state index in [4.69, 9.17) is 0 Å². The zero-order valence-corrected chi connectivity index (χ0v) is 12.4. The summed E-state index contributed by atoms with van der Waals surface area (Å²) in [6.45, 7) is 1.63. The number of benzene rings is 1. The third kappa shape index (κ3) is 2.65. The minimum atomic E-state index is -0.738. The number of pyridine rings is 1. The summed E-state index contributed by atoms with van der Waals surface area (Å²) in [4.78, 5) is 23.8. The fourth-order valence-corrected chi connectivity index (χ4v) is 2.16. The Hall–Kier alpha value is -1.95. The fraction of sp³-hybridized carbons (Fsp3) is 0.143. The number of hydrogen-bond acceptors (Lipinski definition) is 3. The highest BCUT2D eigenvalue weighted by molar-refractivity contribution is 9.10. The molecule has 0 spiro atoms. The molecule has 0 amide bonds. The van der Waals surface area contributed by atoms with E-state index in [9.17, 15) is 14.0 Å². The van der Waals surface area contributed by atoms with Crippen LogP contribution in [0.15, 0.2) is 39.7 Å². The molecule has 0 unspecified atom stereocenters. The van der Waals surface area contributed by atoms with Gasteiger partial charge >= 0.3 is 5.97 Å². The van der Waals surface area contributed by atoms with Gasteiger partial charge in [0, 0.05) is 10.7 Å². The summed E-state index contributed by atoms with van der Waals surface area (Å²) in [5.41, 5.74) is 0.126. The van der Waals surface area contributed by atoms with Crippen LogP contribution in [-0.4, -0.2) is 17.6 Å². The highest BCUT2D eigenvalue weighted by Crippen LogP contribution is 2.16. The van der Waals surface area contributed by atoms with Crippen molar-refractivity contribution in [2.24, 2.45) is 0 Å². The van der Waals surface area contributed by atoms with Gasteiger partial charge in [0.05, 0.1) is 12.8 Å². The standard InChI is InChI=1S/C14H11BrFNO3/c1-8-3-4-10(6-12(8)16)17-7-9(15)5-11(13(17)18)14(19)20-2/h3-7H,1-2H3. The largest absolute Gasteiger partial charge is 0.465 e. The van der Waals surface area contributed by atoms with Gasteiger partial charge in [0.1, 0.15) is 11.4 Å². The smallest absolute Gasteiger partial charge is 0.343 e. The first-order valence-electron chi connectivity index (χ1n) is 5.71. The maximum absolute atomic E-state index is 13.6. The number of aryl methyl sites for hydroxylation is 1. The van der Waals surface area contributed by atoms with Crippen molar-refractivity contribution in [2.45, 2.75) is 6.92 Å². The molecular weight excluding hydrogens is 329 g/mol. The zero-order valence-electron chi connectivity index (χ0n) is 10.8. The van der Waals surface area contributed by atoms with Crippen molar-refractivity contribution in [1.29, 1.82) is 0 Å². The normalized spacial score (nSPS) is 10.4. The van der Waals surface area contributed by atoms with Crippen LogP contribution in [0.1, 0.15) is 15.9 Å². The van der Waals surface area contributed by atoms with Gasteiger partial charge in [-0.15, -0.1) is 0 Å². The Morgan fingerprint density at radius 3 is 2.65 bits per heavy atom. The molecule has 0 atom stereocenters. The Kier molecular flexibility index (Phi) is 4.04. The molecule has 2 aromatic rings.